The SMILES string of the molecule is Cc1nn2c(-c3ccc(Cl)cc3Cl)c(C)oc2c1C(=O)N1CCCCC1. The molecule has 136 valence electrons. The van der Waals surface area contributed by atoms with Gasteiger partial charge in [0.05, 0.1) is 10.7 Å². The van der Waals surface area contributed by atoms with Crippen LogP contribution in [0, 0.1) is 13.8 Å². The number of benzene rings is 1. The van der Waals surface area contributed by atoms with Gasteiger partial charge in [-0.2, -0.15) is 9.61 Å². The zero-order valence-corrected chi connectivity index (χ0v) is 16.2. The molecule has 1 saturated heterocycles. The van der Waals surface area contributed by atoms with E-state index in [-0.39, 0.29) is 5.91 Å². The number of rotatable bonds is 2. The summed E-state index contributed by atoms with van der Waals surface area (Å²) in [5, 5.41) is 5.65. The van der Waals surface area contributed by atoms with Gasteiger partial charge in [0, 0.05) is 23.7 Å². The van der Waals surface area contributed by atoms with Gasteiger partial charge >= 0.3 is 0 Å². The second-order valence-corrected chi connectivity index (χ2v) is 7.50. The fourth-order valence-corrected chi connectivity index (χ4v) is 4.08. The van der Waals surface area contributed by atoms with Gasteiger partial charge in [-0.3, -0.25) is 4.79 Å². The Bertz CT molecular complexity index is 1000. The van der Waals surface area contributed by atoms with E-state index in [9.17, 15) is 4.79 Å². The maximum Gasteiger partial charge on any atom is 0.261 e. The lowest BCUT2D eigenvalue weighted by Gasteiger charge is -2.26. The first-order valence-electron chi connectivity index (χ1n) is 8.71. The molecule has 0 radical (unpaired) electrons. The standard InChI is InChI=1S/C19H19Cl2N3O2/c1-11-16(18(25)23-8-4-3-5-9-23)19-24(22-11)17(12(2)26-19)14-7-6-13(20)10-15(14)21/h6-7,10H,3-5,8-9H2,1-2H3. The number of aryl methyl sites for hydroxylation is 2. The summed E-state index contributed by atoms with van der Waals surface area (Å²) in [6, 6.07) is 5.30. The molecule has 3 heterocycles. The molecule has 7 heteroatoms. The van der Waals surface area contributed by atoms with Crippen molar-refractivity contribution in [2.45, 2.75) is 33.1 Å². The van der Waals surface area contributed by atoms with Gasteiger partial charge in [0.25, 0.3) is 5.91 Å². The minimum Gasteiger partial charge on any atom is -0.440 e. The number of fused-ring (bicyclic) bond motifs is 1. The second kappa shape index (κ2) is 6.63. The second-order valence-electron chi connectivity index (χ2n) is 6.66. The Hall–Kier alpha value is -1.98. The molecule has 4 rings (SSSR count). The molecular weight excluding hydrogens is 373 g/mol. The summed E-state index contributed by atoms with van der Waals surface area (Å²) < 4.78 is 7.64. The number of carbonyl (C=O) groups excluding carboxylic acids is 1. The lowest BCUT2D eigenvalue weighted by atomic mass is 10.1. The lowest BCUT2D eigenvalue weighted by Crippen LogP contribution is -2.35. The van der Waals surface area contributed by atoms with Gasteiger partial charge in [-0.25, -0.2) is 0 Å². The summed E-state index contributed by atoms with van der Waals surface area (Å²) in [4.78, 5) is 14.9. The van der Waals surface area contributed by atoms with E-state index < -0.39 is 0 Å². The smallest absolute Gasteiger partial charge is 0.261 e. The van der Waals surface area contributed by atoms with E-state index in [2.05, 4.69) is 5.10 Å². The summed E-state index contributed by atoms with van der Waals surface area (Å²) in [5.41, 5.74) is 3.17. The number of likely N-dealkylation sites (tertiary alicyclic amines) is 1. The van der Waals surface area contributed by atoms with Crippen LogP contribution >= 0.6 is 23.2 Å². The van der Waals surface area contributed by atoms with E-state index in [1.807, 2.05) is 24.8 Å². The van der Waals surface area contributed by atoms with Crippen LogP contribution in [0.3, 0.4) is 0 Å². The third-order valence-corrected chi connectivity index (χ3v) is 5.40. The van der Waals surface area contributed by atoms with E-state index in [0.29, 0.717) is 32.8 Å². The van der Waals surface area contributed by atoms with Crippen molar-refractivity contribution >= 4 is 34.8 Å². The van der Waals surface area contributed by atoms with Crippen molar-refractivity contribution in [1.29, 1.82) is 0 Å². The zero-order chi connectivity index (χ0) is 18.4. The molecule has 1 aliphatic heterocycles. The molecule has 0 atom stereocenters. The molecule has 26 heavy (non-hydrogen) atoms. The number of piperidine rings is 1. The van der Waals surface area contributed by atoms with E-state index in [4.69, 9.17) is 27.6 Å². The Morgan fingerprint density at radius 3 is 2.58 bits per heavy atom. The predicted octanol–water partition coefficient (Wildman–Crippen LogP) is 5.14. The third-order valence-electron chi connectivity index (χ3n) is 4.86. The van der Waals surface area contributed by atoms with Crippen molar-refractivity contribution in [2.24, 2.45) is 0 Å². The minimum absolute atomic E-state index is 0.0142. The molecule has 3 aromatic rings. The molecule has 0 saturated carbocycles. The molecule has 2 aromatic heterocycles. The van der Waals surface area contributed by atoms with E-state index in [1.165, 1.54) is 6.42 Å². The zero-order valence-electron chi connectivity index (χ0n) is 14.7. The van der Waals surface area contributed by atoms with Gasteiger partial charge in [0.1, 0.15) is 17.0 Å². The molecular formula is C19H19Cl2N3O2. The number of aromatic nitrogens is 2. The quantitative estimate of drug-likeness (QED) is 0.607. The normalized spacial score (nSPS) is 15.0. The Morgan fingerprint density at radius 2 is 1.88 bits per heavy atom. The molecule has 1 fully saturated rings. The first-order valence-corrected chi connectivity index (χ1v) is 9.46. The van der Waals surface area contributed by atoms with Crippen molar-refractivity contribution in [3.8, 4) is 11.3 Å². The van der Waals surface area contributed by atoms with Crippen molar-refractivity contribution in [3.05, 3.63) is 45.3 Å². The molecule has 0 N–H and O–H groups in total. The number of oxazole rings is 1. The van der Waals surface area contributed by atoms with Crippen LogP contribution in [0.15, 0.2) is 22.6 Å². The highest BCUT2D eigenvalue weighted by atomic mass is 35.5. The first-order chi connectivity index (χ1) is 12.5. The minimum atomic E-state index is -0.0142. The van der Waals surface area contributed by atoms with Crippen molar-refractivity contribution in [2.75, 3.05) is 13.1 Å². The monoisotopic (exact) mass is 391 g/mol. The molecule has 0 unspecified atom stereocenters. The fraction of sp³-hybridized carbons (Fsp3) is 0.368. The average molecular weight is 392 g/mol. The number of hydrogen-bond acceptors (Lipinski definition) is 3. The molecule has 0 spiro atoms. The summed E-state index contributed by atoms with van der Waals surface area (Å²) in [6.07, 6.45) is 3.25. The van der Waals surface area contributed by atoms with Crippen LogP contribution in [0.1, 0.15) is 41.1 Å². The van der Waals surface area contributed by atoms with Gasteiger partial charge in [-0.1, -0.05) is 23.2 Å². The molecule has 1 aliphatic rings. The number of amides is 1. The van der Waals surface area contributed by atoms with Crippen molar-refractivity contribution in [1.82, 2.24) is 14.5 Å². The van der Waals surface area contributed by atoms with Crippen molar-refractivity contribution < 1.29 is 9.21 Å². The molecule has 0 bridgehead atoms. The van der Waals surface area contributed by atoms with Crippen LogP contribution in [0.5, 0.6) is 0 Å². The first kappa shape index (κ1) is 17.4. The van der Waals surface area contributed by atoms with Crippen LogP contribution in [0.25, 0.3) is 17.0 Å². The Balaban J connectivity index is 1.85. The summed E-state index contributed by atoms with van der Waals surface area (Å²) in [5.74, 6) is 0.643. The molecule has 1 amide bonds. The highest BCUT2D eigenvalue weighted by Gasteiger charge is 2.29. The van der Waals surface area contributed by atoms with E-state index in [1.54, 1.807) is 16.6 Å². The maximum atomic E-state index is 13.0. The number of hydrogen-bond donors (Lipinski definition) is 0. The van der Waals surface area contributed by atoms with Crippen LogP contribution in [0.2, 0.25) is 10.0 Å². The van der Waals surface area contributed by atoms with Crippen molar-refractivity contribution in [3.63, 3.8) is 0 Å². The van der Waals surface area contributed by atoms with Crippen LogP contribution in [-0.4, -0.2) is 33.5 Å². The Morgan fingerprint density at radius 1 is 1.15 bits per heavy atom. The van der Waals surface area contributed by atoms with Gasteiger partial charge < -0.3 is 9.32 Å². The summed E-state index contributed by atoms with van der Waals surface area (Å²) in [6.45, 7) is 5.25. The summed E-state index contributed by atoms with van der Waals surface area (Å²) in [7, 11) is 0. The highest BCUT2D eigenvalue weighted by molar-refractivity contribution is 6.36. The van der Waals surface area contributed by atoms with Gasteiger partial charge in [0.15, 0.2) is 0 Å². The van der Waals surface area contributed by atoms with Gasteiger partial charge in [-0.05, 0) is 51.3 Å². The average Bonchev–Trinajstić information content (AvgIpc) is 3.08. The molecule has 5 nitrogen and oxygen atoms in total. The van der Waals surface area contributed by atoms with Crippen LogP contribution < -0.4 is 0 Å². The van der Waals surface area contributed by atoms with Gasteiger partial charge in [-0.15, -0.1) is 0 Å². The Labute approximate surface area is 161 Å². The van der Waals surface area contributed by atoms with Crippen LogP contribution in [0.4, 0.5) is 0 Å². The largest absolute Gasteiger partial charge is 0.440 e. The Kier molecular flexibility index (Phi) is 4.45. The van der Waals surface area contributed by atoms with E-state index in [0.717, 1.165) is 37.2 Å². The highest BCUT2D eigenvalue weighted by Crippen LogP contribution is 2.35. The van der Waals surface area contributed by atoms with Crippen LogP contribution in [-0.2, 0) is 0 Å². The third kappa shape index (κ3) is 2.79. The topological polar surface area (TPSA) is 50.8 Å². The number of halogens is 2. The predicted molar refractivity (Wildman–Crippen MR) is 102 cm³/mol. The number of carbonyl (C=O) groups is 1. The number of nitrogens with zero attached hydrogens (tertiary/aromatic N) is 3. The molecule has 0 aliphatic carbocycles. The lowest BCUT2D eigenvalue weighted by molar-refractivity contribution is 0.0724. The fourth-order valence-electron chi connectivity index (χ4n) is 3.58. The molecule has 1 aromatic carbocycles. The van der Waals surface area contributed by atoms with E-state index >= 15 is 0 Å². The summed E-state index contributed by atoms with van der Waals surface area (Å²) >= 11 is 12.4. The maximum absolute atomic E-state index is 13.0. The van der Waals surface area contributed by atoms with Gasteiger partial charge in [0.2, 0.25) is 5.71 Å².